The van der Waals surface area contributed by atoms with Crippen molar-refractivity contribution in [1.29, 1.82) is 5.26 Å². The van der Waals surface area contributed by atoms with E-state index in [4.69, 9.17) is 21.1 Å². The lowest BCUT2D eigenvalue weighted by Gasteiger charge is -2.42. The van der Waals surface area contributed by atoms with Gasteiger partial charge in [-0.25, -0.2) is 0 Å². The number of hydrogen-bond donors (Lipinski definition) is 0. The third kappa shape index (κ3) is 3.93. The Hall–Kier alpha value is -2.82. The summed E-state index contributed by atoms with van der Waals surface area (Å²) in [7, 11) is 3.15. The highest BCUT2D eigenvalue weighted by Gasteiger charge is 2.38. The number of thioether (sulfide) groups is 1. The Morgan fingerprint density at radius 2 is 1.94 bits per heavy atom. The number of allylic oxidation sites excluding steroid dienone is 1. The van der Waals surface area contributed by atoms with Crippen LogP contribution < -0.4 is 14.4 Å². The minimum Gasteiger partial charge on any atom is -0.493 e. The van der Waals surface area contributed by atoms with Gasteiger partial charge >= 0.3 is 0 Å². The molecule has 0 radical (unpaired) electrons. The van der Waals surface area contributed by atoms with Crippen molar-refractivity contribution >= 4 is 35.0 Å². The summed E-state index contributed by atoms with van der Waals surface area (Å²) in [5.74, 6) is 1.50. The first-order valence-corrected chi connectivity index (χ1v) is 11.1. The number of fused-ring (bicyclic) bond motifs is 1. The van der Waals surface area contributed by atoms with Crippen molar-refractivity contribution in [3.8, 4) is 17.6 Å². The Labute approximate surface area is 191 Å². The summed E-state index contributed by atoms with van der Waals surface area (Å²) < 4.78 is 10.7. The number of carbonyl (C=O) groups is 1. The minimum atomic E-state index is -0.309. The molecule has 2 aromatic carbocycles. The smallest absolute Gasteiger partial charge is 0.229 e. The summed E-state index contributed by atoms with van der Waals surface area (Å²) in [6.45, 7) is 2.35. The van der Waals surface area contributed by atoms with Crippen molar-refractivity contribution in [2.75, 3.05) is 31.7 Å². The molecule has 0 bridgehead atoms. The van der Waals surface area contributed by atoms with Crippen molar-refractivity contribution in [1.82, 2.24) is 4.90 Å². The monoisotopic (exact) mass is 455 g/mol. The number of anilines is 1. The number of nitrogens with zero attached hydrogens (tertiary/aromatic N) is 3. The molecule has 2 aliphatic heterocycles. The van der Waals surface area contributed by atoms with Gasteiger partial charge in [0.25, 0.3) is 0 Å². The highest BCUT2D eigenvalue weighted by atomic mass is 35.5. The molecule has 0 saturated carbocycles. The first-order valence-electron chi connectivity index (χ1n) is 9.77. The van der Waals surface area contributed by atoms with Gasteiger partial charge in [-0.2, -0.15) is 5.26 Å². The van der Waals surface area contributed by atoms with Crippen LogP contribution in [0.4, 0.5) is 5.69 Å². The summed E-state index contributed by atoms with van der Waals surface area (Å²) in [5, 5.41) is 11.4. The first kappa shape index (κ1) is 21.4. The van der Waals surface area contributed by atoms with Crippen LogP contribution in [-0.4, -0.2) is 37.6 Å². The fourth-order valence-electron chi connectivity index (χ4n) is 3.86. The zero-order valence-corrected chi connectivity index (χ0v) is 19.1. The Morgan fingerprint density at radius 3 is 2.61 bits per heavy atom. The van der Waals surface area contributed by atoms with Crippen molar-refractivity contribution in [2.45, 2.75) is 19.3 Å². The molecular weight excluding hydrogens is 434 g/mol. The van der Waals surface area contributed by atoms with Crippen LogP contribution >= 0.6 is 23.4 Å². The van der Waals surface area contributed by atoms with Crippen molar-refractivity contribution in [2.24, 2.45) is 0 Å². The summed E-state index contributed by atoms with van der Waals surface area (Å²) in [6, 6.07) is 13.8. The number of nitriles is 1. The zero-order chi connectivity index (χ0) is 22.1. The lowest BCUT2D eigenvalue weighted by Crippen LogP contribution is -2.47. The van der Waals surface area contributed by atoms with Crippen LogP contribution in [0.1, 0.15) is 23.5 Å². The summed E-state index contributed by atoms with van der Waals surface area (Å²) >= 11 is 7.79. The molecule has 0 aromatic heterocycles. The largest absolute Gasteiger partial charge is 0.493 e. The predicted octanol–water partition coefficient (Wildman–Crippen LogP) is 4.89. The maximum Gasteiger partial charge on any atom is 0.229 e. The normalized spacial score (nSPS) is 18.5. The molecule has 6 nitrogen and oxygen atoms in total. The van der Waals surface area contributed by atoms with E-state index in [1.165, 1.54) is 11.8 Å². The van der Waals surface area contributed by atoms with Crippen LogP contribution in [0.15, 0.2) is 47.0 Å². The molecule has 8 heteroatoms. The van der Waals surface area contributed by atoms with Crippen molar-refractivity contribution in [3.63, 3.8) is 0 Å². The highest BCUT2D eigenvalue weighted by Crippen LogP contribution is 2.44. The Kier molecular flexibility index (Phi) is 6.03. The second kappa shape index (κ2) is 8.74. The van der Waals surface area contributed by atoms with Gasteiger partial charge in [-0.3, -0.25) is 9.69 Å². The number of methoxy groups -OCH3 is 2. The second-order valence-corrected chi connectivity index (χ2v) is 8.75. The summed E-state index contributed by atoms with van der Waals surface area (Å²) in [5.41, 5.74) is 3.44. The highest BCUT2D eigenvalue weighted by molar-refractivity contribution is 8.03. The molecule has 2 aliphatic rings. The number of aryl methyl sites for hydroxylation is 1. The van der Waals surface area contributed by atoms with E-state index in [1.54, 1.807) is 19.1 Å². The van der Waals surface area contributed by atoms with Crippen LogP contribution in [-0.2, 0) is 4.79 Å². The van der Waals surface area contributed by atoms with Crippen LogP contribution in [0, 0.1) is 18.3 Å². The van der Waals surface area contributed by atoms with Crippen LogP contribution in [0.2, 0.25) is 5.02 Å². The molecule has 160 valence electrons. The number of ether oxygens (including phenoxy) is 2. The maximum atomic E-state index is 13.1. The number of rotatable bonds is 4. The van der Waals surface area contributed by atoms with E-state index in [-0.39, 0.29) is 18.2 Å². The molecule has 0 N–H and O–H groups in total. The van der Waals surface area contributed by atoms with Crippen LogP contribution in [0.3, 0.4) is 0 Å². The molecule has 2 aromatic rings. The summed E-state index contributed by atoms with van der Waals surface area (Å²) in [4.78, 5) is 16.9. The Balaban J connectivity index is 1.66. The second-order valence-electron chi connectivity index (χ2n) is 7.41. The van der Waals surface area contributed by atoms with E-state index < -0.39 is 0 Å². The number of benzene rings is 2. The molecule has 31 heavy (non-hydrogen) atoms. The van der Waals surface area contributed by atoms with Crippen LogP contribution in [0.5, 0.6) is 11.5 Å². The average Bonchev–Trinajstić information content (AvgIpc) is 2.80. The van der Waals surface area contributed by atoms with Gasteiger partial charge in [0.1, 0.15) is 0 Å². The lowest BCUT2D eigenvalue weighted by atomic mass is 9.86. The van der Waals surface area contributed by atoms with E-state index in [0.29, 0.717) is 34.6 Å². The third-order valence-corrected chi connectivity index (χ3v) is 7.19. The number of hydrogen-bond acceptors (Lipinski definition) is 6. The standard InChI is InChI=1S/C23H22ClN3O3S/c1-14-4-6-16(9-19(14)24)26-12-27-22(28)10-17(18(11-25)23(27)31-13-26)15-5-7-20(29-2)21(8-15)30-3/h4-9,17H,10,12-13H2,1-3H3/t17-/m1/s1. The maximum absolute atomic E-state index is 13.1. The fraction of sp³-hybridized carbons (Fsp3) is 0.304. The molecule has 0 spiro atoms. The number of halogens is 1. The van der Waals surface area contributed by atoms with Crippen molar-refractivity contribution < 1.29 is 14.3 Å². The predicted molar refractivity (Wildman–Crippen MR) is 122 cm³/mol. The third-order valence-electron chi connectivity index (χ3n) is 5.62. The molecule has 1 fully saturated rings. The Bertz CT molecular complexity index is 1110. The molecule has 4 rings (SSSR count). The van der Waals surface area contributed by atoms with E-state index >= 15 is 0 Å². The van der Waals surface area contributed by atoms with E-state index in [0.717, 1.165) is 21.8 Å². The minimum absolute atomic E-state index is 0.0100. The summed E-state index contributed by atoms with van der Waals surface area (Å²) in [6.07, 6.45) is 0.227. The van der Waals surface area contributed by atoms with Gasteiger partial charge in [0.05, 0.1) is 43.4 Å². The average molecular weight is 456 g/mol. The van der Waals surface area contributed by atoms with E-state index in [2.05, 4.69) is 11.0 Å². The lowest BCUT2D eigenvalue weighted by molar-refractivity contribution is -0.129. The first-order chi connectivity index (χ1) is 15.0. The van der Waals surface area contributed by atoms with Gasteiger partial charge in [0.2, 0.25) is 5.91 Å². The van der Waals surface area contributed by atoms with Gasteiger partial charge < -0.3 is 14.4 Å². The van der Waals surface area contributed by atoms with Gasteiger partial charge in [-0.15, -0.1) is 0 Å². The molecule has 0 aliphatic carbocycles. The fourth-order valence-corrected chi connectivity index (χ4v) is 5.20. The van der Waals surface area contributed by atoms with Gasteiger partial charge in [0.15, 0.2) is 11.5 Å². The molecule has 1 saturated heterocycles. The Morgan fingerprint density at radius 1 is 1.16 bits per heavy atom. The van der Waals surface area contributed by atoms with E-state index in [9.17, 15) is 10.1 Å². The van der Waals surface area contributed by atoms with Gasteiger partial charge in [-0.05, 0) is 42.3 Å². The van der Waals surface area contributed by atoms with E-state index in [1.807, 2.05) is 43.3 Å². The quantitative estimate of drug-likeness (QED) is 0.654. The molecule has 0 unspecified atom stereocenters. The molecule has 1 amide bonds. The zero-order valence-electron chi connectivity index (χ0n) is 17.5. The number of amides is 1. The van der Waals surface area contributed by atoms with Crippen LogP contribution in [0.25, 0.3) is 0 Å². The molecule has 1 atom stereocenters. The SMILES string of the molecule is COc1ccc([C@H]2CC(=O)N3CN(c4ccc(C)c(Cl)c4)CSC3=C2C#N)cc1OC. The van der Waals surface area contributed by atoms with Crippen molar-refractivity contribution in [3.05, 3.63) is 63.1 Å². The van der Waals surface area contributed by atoms with Gasteiger partial charge in [-0.1, -0.05) is 35.5 Å². The topological polar surface area (TPSA) is 65.8 Å². The van der Waals surface area contributed by atoms with Gasteiger partial charge in [0, 0.05) is 23.0 Å². The molecule has 2 heterocycles. The number of carbonyl (C=O) groups excluding carboxylic acids is 1. The molecular formula is C23H22ClN3O3S.